The van der Waals surface area contributed by atoms with E-state index in [1.807, 2.05) is 30.3 Å². The number of hydrogen-bond donors (Lipinski definition) is 1. The van der Waals surface area contributed by atoms with Crippen molar-refractivity contribution in [2.75, 3.05) is 0 Å². The number of rotatable bonds is 5. The number of benzene rings is 1. The van der Waals surface area contributed by atoms with Gasteiger partial charge < -0.3 is 10.3 Å². The van der Waals surface area contributed by atoms with Crippen LogP contribution in [0.2, 0.25) is 0 Å². The third-order valence-electron chi connectivity index (χ3n) is 2.66. The molecule has 0 amide bonds. The van der Waals surface area contributed by atoms with Crippen molar-refractivity contribution in [3.05, 3.63) is 47.6 Å². The van der Waals surface area contributed by atoms with Gasteiger partial charge >= 0.3 is 0 Å². The summed E-state index contributed by atoms with van der Waals surface area (Å²) >= 11 is 0. The van der Waals surface area contributed by atoms with E-state index >= 15 is 0 Å². The van der Waals surface area contributed by atoms with Gasteiger partial charge in [0.2, 0.25) is 5.89 Å². The van der Waals surface area contributed by atoms with Crippen LogP contribution in [0.5, 0.6) is 0 Å². The van der Waals surface area contributed by atoms with Crippen molar-refractivity contribution in [1.82, 2.24) is 10.1 Å². The van der Waals surface area contributed by atoms with Crippen LogP contribution in [-0.4, -0.2) is 10.1 Å². The summed E-state index contributed by atoms with van der Waals surface area (Å²) in [7, 11) is 0. The fraction of sp³-hybridized carbons (Fsp3) is 0.385. The first kappa shape index (κ1) is 11.8. The van der Waals surface area contributed by atoms with Gasteiger partial charge in [0.1, 0.15) is 6.04 Å². The van der Waals surface area contributed by atoms with Crippen LogP contribution in [0, 0.1) is 0 Å². The first-order chi connectivity index (χ1) is 8.31. The van der Waals surface area contributed by atoms with Gasteiger partial charge in [-0.3, -0.25) is 0 Å². The van der Waals surface area contributed by atoms with Crippen LogP contribution in [0.15, 0.2) is 34.9 Å². The molecule has 0 aliphatic carbocycles. The first-order valence-electron chi connectivity index (χ1n) is 5.94. The number of unbranched alkanes of at least 4 members (excludes halogenated alkanes) is 1. The highest BCUT2D eigenvalue weighted by molar-refractivity contribution is 5.22. The SMILES string of the molecule is CCCCc1noc([C@@H](N)c2ccccc2)n1. The normalized spacial score (nSPS) is 12.6. The van der Waals surface area contributed by atoms with Crippen LogP contribution in [0.25, 0.3) is 0 Å². The predicted molar refractivity (Wildman–Crippen MR) is 65.4 cm³/mol. The lowest BCUT2D eigenvalue weighted by Gasteiger charge is -2.05. The van der Waals surface area contributed by atoms with E-state index in [-0.39, 0.29) is 6.04 Å². The number of aryl methyl sites for hydroxylation is 1. The molecule has 0 unspecified atom stereocenters. The lowest BCUT2D eigenvalue weighted by molar-refractivity contribution is 0.362. The summed E-state index contributed by atoms with van der Waals surface area (Å²) in [5.41, 5.74) is 7.05. The Labute approximate surface area is 101 Å². The highest BCUT2D eigenvalue weighted by atomic mass is 16.5. The zero-order valence-corrected chi connectivity index (χ0v) is 9.97. The third kappa shape index (κ3) is 2.91. The molecule has 1 atom stereocenters. The van der Waals surface area contributed by atoms with E-state index in [1.165, 1.54) is 0 Å². The molecule has 17 heavy (non-hydrogen) atoms. The van der Waals surface area contributed by atoms with Crippen molar-refractivity contribution in [3.63, 3.8) is 0 Å². The molecule has 0 saturated heterocycles. The van der Waals surface area contributed by atoms with Crippen molar-refractivity contribution >= 4 is 0 Å². The maximum absolute atomic E-state index is 6.06. The molecule has 2 aromatic rings. The van der Waals surface area contributed by atoms with Crippen molar-refractivity contribution < 1.29 is 4.52 Å². The second-order valence-corrected chi connectivity index (χ2v) is 4.04. The largest absolute Gasteiger partial charge is 0.337 e. The Bertz CT molecular complexity index is 453. The number of hydrogen-bond acceptors (Lipinski definition) is 4. The minimum Gasteiger partial charge on any atom is -0.337 e. The highest BCUT2D eigenvalue weighted by Gasteiger charge is 2.15. The molecular weight excluding hydrogens is 214 g/mol. The fourth-order valence-electron chi connectivity index (χ4n) is 1.63. The Morgan fingerprint density at radius 3 is 2.76 bits per heavy atom. The number of nitrogens with zero attached hydrogens (tertiary/aromatic N) is 2. The molecule has 0 bridgehead atoms. The molecule has 0 fully saturated rings. The van der Waals surface area contributed by atoms with Crippen molar-refractivity contribution in [1.29, 1.82) is 0 Å². The highest BCUT2D eigenvalue weighted by Crippen LogP contribution is 2.17. The molecule has 0 radical (unpaired) electrons. The average Bonchev–Trinajstić information content (AvgIpc) is 2.85. The van der Waals surface area contributed by atoms with Crippen LogP contribution >= 0.6 is 0 Å². The maximum Gasteiger partial charge on any atom is 0.248 e. The van der Waals surface area contributed by atoms with Gasteiger partial charge in [-0.25, -0.2) is 0 Å². The van der Waals surface area contributed by atoms with Gasteiger partial charge in [0.05, 0.1) is 0 Å². The Morgan fingerprint density at radius 1 is 1.29 bits per heavy atom. The van der Waals surface area contributed by atoms with Gasteiger partial charge in [-0.15, -0.1) is 0 Å². The Kier molecular flexibility index (Phi) is 3.88. The molecule has 0 aliphatic heterocycles. The molecule has 4 heteroatoms. The summed E-state index contributed by atoms with van der Waals surface area (Å²) in [5.74, 6) is 1.23. The predicted octanol–water partition coefficient (Wildman–Crippen LogP) is 2.46. The van der Waals surface area contributed by atoms with E-state index in [4.69, 9.17) is 10.3 Å². The van der Waals surface area contributed by atoms with E-state index in [1.54, 1.807) is 0 Å². The van der Waals surface area contributed by atoms with Crippen LogP contribution in [0.3, 0.4) is 0 Å². The lowest BCUT2D eigenvalue weighted by Crippen LogP contribution is -2.12. The molecule has 0 aliphatic rings. The van der Waals surface area contributed by atoms with E-state index in [9.17, 15) is 0 Å². The smallest absolute Gasteiger partial charge is 0.248 e. The molecule has 0 spiro atoms. The quantitative estimate of drug-likeness (QED) is 0.858. The molecule has 4 nitrogen and oxygen atoms in total. The summed E-state index contributed by atoms with van der Waals surface area (Å²) < 4.78 is 5.19. The van der Waals surface area contributed by atoms with E-state index < -0.39 is 0 Å². The minimum atomic E-state index is -0.334. The zero-order chi connectivity index (χ0) is 12.1. The van der Waals surface area contributed by atoms with Gasteiger partial charge in [-0.1, -0.05) is 48.8 Å². The molecular formula is C13H17N3O. The fourth-order valence-corrected chi connectivity index (χ4v) is 1.63. The van der Waals surface area contributed by atoms with Crippen LogP contribution in [-0.2, 0) is 6.42 Å². The second-order valence-electron chi connectivity index (χ2n) is 4.04. The van der Waals surface area contributed by atoms with Crippen LogP contribution < -0.4 is 5.73 Å². The molecule has 2 rings (SSSR count). The van der Waals surface area contributed by atoms with Crippen LogP contribution in [0.1, 0.15) is 43.1 Å². The topological polar surface area (TPSA) is 64.9 Å². The Morgan fingerprint density at radius 2 is 2.06 bits per heavy atom. The number of aromatic nitrogens is 2. The van der Waals surface area contributed by atoms with Gasteiger partial charge in [-0.05, 0) is 12.0 Å². The summed E-state index contributed by atoms with van der Waals surface area (Å²) in [6, 6.07) is 9.43. The summed E-state index contributed by atoms with van der Waals surface area (Å²) in [5, 5.41) is 3.93. The van der Waals surface area contributed by atoms with E-state index in [0.717, 1.165) is 30.7 Å². The van der Waals surface area contributed by atoms with Crippen LogP contribution in [0.4, 0.5) is 0 Å². The molecule has 2 N–H and O–H groups in total. The maximum atomic E-state index is 6.06. The molecule has 0 saturated carbocycles. The zero-order valence-electron chi connectivity index (χ0n) is 9.97. The third-order valence-corrected chi connectivity index (χ3v) is 2.66. The van der Waals surface area contributed by atoms with Gasteiger partial charge in [0.25, 0.3) is 0 Å². The Hall–Kier alpha value is -1.68. The minimum absolute atomic E-state index is 0.334. The first-order valence-corrected chi connectivity index (χ1v) is 5.94. The molecule has 90 valence electrons. The second kappa shape index (κ2) is 5.59. The van der Waals surface area contributed by atoms with Gasteiger partial charge in [-0.2, -0.15) is 4.98 Å². The van der Waals surface area contributed by atoms with Gasteiger partial charge in [0.15, 0.2) is 5.82 Å². The van der Waals surface area contributed by atoms with E-state index in [2.05, 4.69) is 17.1 Å². The molecule has 1 heterocycles. The van der Waals surface area contributed by atoms with Crippen molar-refractivity contribution in [2.45, 2.75) is 32.2 Å². The summed E-state index contributed by atoms with van der Waals surface area (Å²) in [6.07, 6.45) is 3.04. The van der Waals surface area contributed by atoms with Gasteiger partial charge in [0, 0.05) is 6.42 Å². The summed E-state index contributed by atoms with van der Waals surface area (Å²) in [6.45, 7) is 2.14. The number of nitrogens with two attached hydrogens (primary N) is 1. The van der Waals surface area contributed by atoms with Crippen molar-refractivity contribution in [2.24, 2.45) is 5.73 Å². The monoisotopic (exact) mass is 231 g/mol. The Balaban J connectivity index is 2.09. The standard InChI is InChI=1S/C13H17N3O/c1-2-3-9-11-15-13(17-16-11)12(14)10-7-5-4-6-8-10/h4-8,12H,2-3,9,14H2,1H3/t12-/m0/s1. The molecule has 1 aromatic carbocycles. The summed E-state index contributed by atoms with van der Waals surface area (Å²) in [4.78, 5) is 4.32. The average molecular weight is 231 g/mol. The lowest BCUT2D eigenvalue weighted by atomic mass is 10.1. The van der Waals surface area contributed by atoms with Crippen molar-refractivity contribution in [3.8, 4) is 0 Å². The molecule has 1 aromatic heterocycles. The van der Waals surface area contributed by atoms with E-state index in [0.29, 0.717) is 5.89 Å².